The number of esters is 2. The molecule has 28 heavy (non-hydrogen) atoms. The lowest BCUT2D eigenvalue weighted by Gasteiger charge is -2.08. The molecule has 2 aromatic carbocycles. The molecule has 5 heteroatoms. The van der Waals surface area contributed by atoms with Crippen molar-refractivity contribution in [1.82, 2.24) is 0 Å². The van der Waals surface area contributed by atoms with Crippen LogP contribution in [0.3, 0.4) is 0 Å². The Hall–Kier alpha value is -3.34. The molecule has 0 aliphatic heterocycles. The van der Waals surface area contributed by atoms with Crippen LogP contribution >= 0.6 is 0 Å². The van der Waals surface area contributed by atoms with E-state index in [1.807, 2.05) is 36.4 Å². The smallest absolute Gasteiger partial charge is 0.330 e. The van der Waals surface area contributed by atoms with E-state index in [1.165, 1.54) is 5.56 Å². The van der Waals surface area contributed by atoms with Gasteiger partial charge in [-0.1, -0.05) is 49.6 Å². The van der Waals surface area contributed by atoms with E-state index in [2.05, 4.69) is 25.3 Å². The van der Waals surface area contributed by atoms with Crippen LogP contribution in [0.2, 0.25) is 0 Å². The van der Waals surface area contributed by atoms with Gasteiger partial charge in [0.05, 0.1) is 6.61 Å². The number of hydrogen-bond acceptors (Lipinski definition) is 5. The Kier molecular flexibility index (Phi) is 8.53. The van der Waals surface area contributed by atoms with Crippen molar-refractivity contribution in [3.05, 3.63) is 90.5 Å². The maximum absolute atomic E-state index is 11.0. The lowest BCUT2D eigenvalue weighted by Crippen LogP contribution is -2.10. The van der Waals surface area contributed by atoms with Gasteiger partial charge in [-0.2, -0.15) is 0 Å². The first-order chi connectivity index (χ1) is 13.6. The van der Waals surface area contributed by atoms with E-state index in [1.54, 1.807) is 0 Å². The molecule has 146 valence electrons. The first-order valence-electron chi connectivity index (χ1n) is 8.98. The quantitative estimate of drug-likeness (QED) is 0.338. The highest BCUT2D eigenvalue weighted by atomic mass is 16.6. The Morgan fingerprint density at radius 3 is 1.79 bits per heavy atom. The molecule has 2 rings (SSSR count). The Labute approximate surface area is 165 Å². The fraction of sp³-hybridized carbons (Fsp3) is 0.217. The summed E-state index contributed by atoms with van der Waals surface area (Å²) in [5.41, 5.74) is 3.47. The minimum Gasteiger partial charge on any atom is -0.490 e. The number of rotatable bonds is 11. The number of ether oxygens (including phenoxy) is 3. The van der Waals surface area contributed by atoms with E-state index in [9.17, 15) is 9.59 Å². The summed E-state index contributed by atoms with van der Waals surface area (Å²) in [5, 5.41) is 0. The highest BCUT2D eigenvalue weighted by Gasteiger charge is 2.01. The van der Waals surface area contributed by atoms with Gasteiger partial charge in [-0.15, -0.1) is 0 Å². The minimum atomic E-state index is -0.456. The topological polar surface area (TPSA) is 61.8 Å². The largest absolute Gasteiger partial charge is 0.490 e. The molecule has 0 fully saturated rings. The van der Waals surface area contributed by atoms with Crippen molar-refractivity contribution in [2.24, 2.45) is 0 Å². The average Bonchev–Trinajstić information content (AvgIpc) is 2.73. The Balaban J connectivity index is 1.77. The van der Waals surface area contributed by atoms with E-state index in [-0.39, 0.29) is 6.61 Å². The molecule has 0 aromatic heterocycles. The maximum atomic E-state index is 11.0. The molecule has 2 aromatic rings. The summed E-state index contributed by atoms with van der Waals surface area (Å²) in [4.78, 5) is 22.0. The van der Waals surface area contributed by atoms with Crippen LogP contribution in [0.4, 0.5) is 0 Å². The number of carbonyl (C=O) groups is 2. The average molecular weight is 380 g/mol. The van der Waals surface area contributed by atoms with Crippen LogP contribution in [0.5, 0.6) is 5.75 Å². The lowest BCUT2D eigenvalue weighted by atomic mass is 10.0. The summed E-state index contributed by atoms with van der Waals surface area (Å²) in [6.45, 7) is 7.53. The summed E-state index contributed by atoms with van der Waals surface area (Å²) in [6.07, 6.45) is 3.77. The number of carbonyl (C=O) groups excluding carboxylic acids is 2. The summed E-state index contributed by atoms with van der Waals surface area (Å²) < 4.78 is 15.4. The zero-order valence-electron chi connectivity index (χ0n) is 15.8. The van der Waals surface area contributed by atoms with Crippen LogP contribution in [-0.2, 0) is 31.9 Å². The van der Waals surface area contributed by atoms with Crippen molar-refractivity contribution in [3.63, 3.8) is 0 Å². The third kappa shape index (κ3) is 7.50. The first-order valence-corrected chi connectivity index (χ1v) is 8.98. The molecule has 5 nitrogen and oxygen atoms in total. The van der Waals surface area contributed by atoms with E-state index in [0.717, 1.165) is 35.4 Å². The molecule has 0 unspecified atom stereocenters. The Bertz CT molecular complexity index is 791. The summed E-state index contributed by atoms with van der Waals surface area (Å²) in [7, 11) is 0. The minimum absolute atomic E-state index is 0.186. The Morgan fingerprint density at radius 1 is 0.714 bits per heavy atom. The molecule has 0 bridgehead atoms. The number of benzene rings is 2. The van der Waals surface area contributed by atoms with Crippen LogP contribution < -0.4 is 4.74 Å². The molecule has 0 atom stereocenters. The second-order valence-corrected chi connectivity index (χ2v) is 5.98. The van der Waals surface area contributed by atoms with Gasteiger partial charge in [0.15, 0.2) is 0 Å². The molecule has 0 saturated carbocycles. The molecule has 0 spiro atoms. The second-order valence-electron chi connectivity index (χ2n) is 5.98. The van der Waals surface area contributed by atoms with Crippen molar-refractivity contribution in [1.29, 1.82) is 0 Å². The fourth-order valence-electron chi connectivity index (χ4n) is 2.45. The highest BCUT2D eigenvalue weighted by Crippen LogP contribution is 2.16. The van der Waals surface area contributed by atoms with E-state index >= 15 is 0 Å². The van der Waals surface area contributed by atoms with Crippen molar-refractivity contribution in [3.8, 4) is 5.75 Å². The predicted octanol–water partition coefficient (Wildman–Crippen LogP) is 3.66. The molecule has 0 radical (unpaired) electrons. The van der Waals surface area contributed by atoms with Gasteiger partial charge in [0.1, 0.15) is 19.0 Å². The van der Waals surface area contributed by atoms with Crippen LogP contribution in [0, 0.1) is 0 Å². The van der Waals surface area contributed by atoms with Gasteiger partial charge in [-0.05, 0) is 35.2 Å². The molecule has 0 N–H and O–H groups in total. The van der Waals surface area contributed by atoms with E-state index < -0.39 is 11.9 Å². The lowest BCUT2D eigenvalue weighted by molar-refractivity contribution is -0.139. The molecular formula is C23H24O5. The fourth-order valence-corrected chi connectivity index (χ4v) is 2.45. The van der Waals surface area contributed by atoms with E-state index in [0.29, 0.717) is 19.6 Å². The first kappa shape index (κ1) is 21.0. The van der Waals surface area contributed by atoms with Gasteiger partial charge in [0, 0.05) is 18.6 Å². The summed E-state index contributed by atoms with van der Waals surface area (Å²) >= 11 is 0. The van der Waals surface area contributed by atoms with Gasteiger partial charge in [-0.3, -0.25) is 0 Å². The van der Waals surface area contributed by atoms with E-state index in [4.69, 9.17) is 14.2 Å². The normalized spacial score (nSPS) is 10.0. The number of hydrogen-bond donors (Lipinski definition) is 0. The third-order valence-corrected chi connectivity index (χ3v) is 3.92. The SMILES string of the molecule is C=CC(=O)OCCOc1ccc(Cc2ccc(CCOC(=O)C=C)cc2)cc1. The summed E-state index contributed by atoms with van der Waals surface area (Å²) in [5.74, 6) is -0.132. The van der Waals surface area contributed by atoms with Crippen LogP contribution in [0.25, 0.3) is 0 Å². The van der Waals surface area contributed by atoms with Crippen molar-refractivity contribution in [2.45, 2.75) is 12.8 Å². The Morgan fingerprint density at radius 2 is 1.21 bits per heavy atom. The van der Waals surface area contributed by atoms with Crippen LogP contribution in [0.15, 0.2) is 73.8 Å². The molecule has 0 aliphatic carbocycles. The van der Waals surface area contributed by atoms with Crippen LogP contribution in [0.1, 0.15) is 16.7 Å². The predicted molar refractivity (Wildman–Crippen MR) is 107 cm³/mol. The van der Waals surface area contributed by atoms with Gasteiger partial charge in [0.25, 0.3) is 0 Å². The molecule has 0 heterocycles. The van der Waals surface area contributed by atoms with Crippen molar-refractivity contribution < 1.29 is 23.8 Å². The zero-order valence-corrected chi connectivity index (χ0v) is 15.8. The standard InChI is InChI=1S/C23H24O5/c1-3-22(24)27-14-13-18-5-7-19(8-6-18)17-20-9-11-21(12-10-20)26-15-16-28-23(25)4-2/h3-12H,1-2,13-17H2. The highest BCUT2D eigenvalue weighted by molar-refractivity contribution is 5.81. The molecular weight excluding hydrogens is 356 g/mol. The van der Waals surface area contributed by atoms with Crippen LogP contribution in [-0.4, -0.2) is 31.8 Å². The second kappa shape index (κ2) is 11.4. The zero-order chi connectivity index (χ0) is 20.2. The van der Waals surface area contributed by atoms with Gasteiger partial charge < -0.3 is 14.2 Å². The van der Waals surface area contributed by atoms with Gasteiger partial charge >= 0.3 is 11.9 Å². The van der Waals surface area contributed by atoms with Gasteiger partial charge in [-0.25, -0.2) is 9.59 Å². The molecule has 0 saturated heterocycles. The van der Waals surface area contributed by atoms with Gasteiger partial charge in [0.2, 0.25) is 0 Å². The molecule has 0 amide bonds. The monoisotopic (exact) mass is 380 g/mol. The third-order valence-electron chi connectivity index (χ3n) is 3.92. The molecule has 0 aliphatic rings. The summed E-state index contributed by atoms with van der Waals surface area (Å²) in [6, 6.07) is 16.0. The van der Waals surface area contributed by atoms with Crippen molar-refractivity contribution in [2.75, 3.05) is 19.8 Å². The maximum Gasteiger partial charge on any atom is 0.330 e. The van der Waals surface area contributed by atoms with Crippen molar-refractivity contribution >= 4 is 11.9 Å².